The molecule has 0 aliphatic carbocycles. The van der Waals surface area contributed by atoms with E-state index in [-0.39, 0.29) is 18.1 Å². The number of nitro benzene ring substituents is 1. The number of hydrogen-bond donors (Lipinski definition) is 1. The van der Waals surface area contributed by atoms with Crippen molar-refractivity contribution < 1.29 is 19.2 Å². The molecule has 0 radical (unpaired) electrons. The summed E-state index contributed by atoms with van der Waals surface area (Å²) < 4.78 is 11.2. The lowest BCUT2D eigenvalue weighted by molar-refractivity contribution is -0.384. The molecular formula is C27H31N9O5. The van der Waals surface area contributed by atoms with E-state index >= 15 is 0 Å². The molecule has 14 heteroatoms. The molecule has 0 amide bonds. The largest absolute Gasteiger partial charge is 0.513 e. The lowest BCUT2D eigenvalue weighted by atomic mass is 9.84. The molecule has 14 nitrogen and oxygen atoms in total. The first-order chi connectivity index (χ1) is 19.8. The number of nitrogens with one attached hydrogen (secondary N) is 1. The first-order valence-electron chi connectivity index (χ1n) is 13.2. The highest BCUT2D eigenvalue weighted by Gasteiger charge is 2.36. The van der Waals surface area contributed by atoms with Crippen molar-refractivity contribution in [3.63, 3.8) is 0 Å². The number of non-ortho nitro benzene ring substituents is 1. The van der Waals surface area contributed by atoms with E-state index < -0.39 is 17.0 Å². The second-order valence-corrected chi connectivity index (χ2v) is 9.76. The number of ether oxygens (including phenoxy) is 2. The van der Waals surface area contributed by atoms with Crippen LogP contribution in [-0.4, -0.2) is 80.5 Å². The number of piperazine rings is 1. The van der Waals surface area contributed by atoms with E-state index in [0.29, 0.717) is 34.9 Å². The minimum atomic E-state index is -0.866. The van der Waals surface area contributed by atoms with Crippen LogP contribution in [0.25, 0.3) is 5.57 Å². The zero-order chi connectivity index (χ0) is 28.9. The van der Waals surface area contributed by atoms with E-state index in [4.69, 9.17) is 9.47 Å². The molecule has 1 saturated heterocycles. The van der Waals surface area contributed by atoms with Crippen molar-refractivity contribution in [3.05, 3.63) is 87.3 Å². The lowest BCUT2D eigenvalue weighted by Crippen LogP contribution is -2.47. The van der Waals surface area contributed by atoms with Gasteiger partial charge < -0.3 is 19.7 Å². The molecule has 3 aromatic rings. The third kappa shape index (κ3) is 6.32. The number of dihydropyridines is 1. The number of aromatic nitrogens is 5. The van der Waals surface area contributed by atoms with Gasteiger partial charge in [-0.25, -0.2) is 9.78 Å². The van der Waals surface area contributed by atoms with Crippen LogP contribution in [0.5, 0.6) is 0 Å². The fourth-order valence-corrected chi connectivity index (χ4v) is 5.05. The van der Waals surface area contributed by atoms with Crippen LogP contribution in [0.2, 0.25) is 0 Å². The summed E-state index contributed by atoms with van der Waals surface area (Å²) in [5, 5.41) is 27.2. The average molecular weight is 562 g/mol. The van der Waals surface area contributed by atoms with Crippen LogP contribution in [-0.2, 0) is 16.5 Å². The molecule has 2 aliphatic heterocycles. The van der Waals surface area contributed by atoms with Gasteiger partial charge in [-0.05, 0) is 36.8 Å². The Bertz CT molecular complexity index is 1480. The van der Waals surface area contributed by atoms with Crippen molar-refractivity contribution in [2.24, 2.45) is 7.05 Å². The molecule has 5 rings (SSSR count). The molecular weight excluding hydrogens is 530 g/mol. The van der Waals surface area contributed by atoms with Gasteiger partial charge in [0.15, 0.2) is 0 Å². The number of rotatable bonds is 8. The molecule has 1 unspecified atom stereocenters. The van der Waals surface area contributed by atoms with E-state index in [2.05, 4.69) is 35.5 Å². The smallest absolute Gasteiger partial charge is 0.433 e. The van der Waals surface area contributed by atoms with E-state index in [0.717, 1.165) is 32.0 Å². The third-order valence-corrected chi connectivity index (χ3v) is 7.03. The van der Waals surface area contributed by atoms with Gasteiger partial charge in [-0.2, -0.15) is 4.80 Å². The maximum absolute atomic E-state index is 12.9. The van der Waals surface area contributed by atoms with Gasteiger partial charge in [0.05, 0.1) is 23.6 Å². The highest BCUT2D eigenvalue weighted by molar-refractivity contribution is 5.76. The molecule has 41 heavy (non-hydrogen) atoms. The number of allylic oxidation sites excluding steroid dienone is 3. The molecule has 1 fully saturated rings. The summed E-state index contributed by atoms with van der Waals surface area (Å²) in [7, 11) is 1.64. The minimum Gasteiger partial charge on any atom is -0.433 e. The Morgan fingerprint density at radius 1 is 1.12 bits per heavy atom. The minimum absolute atomic E-state index is 0.0899. The predicted octanol–water partition coefficient (Wildman–Crippen LogP) is 2.84. The predicted molar refractivity (Wildman–Crippen MR) is 148 cm³/mol. The van der Waals surface area contributed by atoms with E-state index in [1.54, 1.807) is 32.3 Å². The first-order valence-corrected chi connectivity index (χ1v) is 13.2. The Hall–Kier alpha value is -4.85. The Morgan fingerprint density at radius 2 is 1.93 bits per heavy atom. The van der Waals surface area contributed by atoms with Crippen LogP contribution in [0.4, 0.5) is 16.3 Å². The van der Waals surface area contributed by atoms with Gasteiger partial charge in [-0.15, -0.1) is 10.2 Å². The molecule has 0 bridgehead atoms. The van der Waals surface area contributed by atoms with Crippen molar-refractivity contribution in [3.8, 4) is 0 Å². The van der Waals surface area contributed by atoms with Gasteiger partial charge in [-0.1, -0.05) is 18.2 Å². The number of benzene rings is 1. The van der Waals surface area contributed by atoms with Crippen LogP contribution in [0.3, 0.4) is 0 Å². The highest BCUT2D eigenvalue weighted by atomic mass is 16.7. The normalized spacial score (nSPS) is 17.8. The van der Waals surface area contributed by atoms with E-state index in [9.17, 15) is 14.9 Å². The van der Waals surface area contributed by atoms with Gasteiger partial charge in [0.25, 0.3) is 5.69 Å². The maximum atomic E-state index is 12.9. The summed E-state index contributed by atoms with van der Waals surface area (Å²) in [6.45, 7) is 7.60. The molecule has 2 aliphatic rings. The average Bonchev–Trinajstić information content (AvgIpc) is 3.40. The van der Waals surface area contributed by atoms with Crippen molar-refractivity contribution in [1.29, 1.82) is 0 Å². The van der Waals surface area contributed by atoms with Crippen LogP contribution in [0, 0.1) is 10.1 Å². The fourth-order valence-electron chi connectivity index (χ4n) is 5.05. The number of tetrazole rings is 1. The van der Waals surface area contributed by atoms with Crippen molar-refractivity contribution in [1.82, 2.24) is 35.4 Å². The first kappa shape index (κ1) is 27.7. The molecule has 214 valence electrons. The second kappa shape index (κ2) is 12.1. The van der Waals surface area contributed by atoms with Crippen LogP contribution >= 0.6 is 0 Å². The van der Waals surface area contributed by atoms with E-state index in [1.807, 2.05) is 25.1 Å². The van der Waals surface area contributed by atoms with Crippen molar-refractivity contribution in [2.45, 2.75) is 19.8 Å². The zero-order valence-electron chi connectivity index (χ0n) is 23.1. The van der Waals surface area contributed by atoms with Gasteiger partial charge in [0.1, 0.15) is 18.2 Å². The summed E-state index contributed by atoms with van der Waals surface area (Å²) in [6.07, 6.45) is 0.919. The Morgan fingerprint density at radius 3 is 2.61 bits per heavy atom. The molecule has 0 saturated carbocycles. The number of nitrogens with zero attached hydrogens (tertiary/aromatic N) is 8. The maximum Gasteiger partial charge on any atom is 0.513 e. The monoisotopic (exact) mass is 561 g/mol. The number of pyridine rings is 1. The number of carbonyl (C=O) groups is 1. The molecule has 4 heterocycles. The van der Waals surface area contributed by atoms with Gasteiger partial charge in [0, 0.05) is 62.3 Å². The Kier molecular flexibility index (Phi) is 8.19. The number of anilines is 1. The zero-order valence-corrected chi connectivity index (χ0v) is 23.1. The Balaban J connectivity index is 1.27. The van der Waals surface area contributed by atoms with Crippen molar-refractivity contribution in [2.75, 3.05) is 44.2 Å². The quantitative estimate of drug-likeness (QED) is 0.244. The SMILES string of the molecule is CC1=C(OC(=O)OCCN2CCN(c3ccccn3)CC2)C(c2cccc([N+](=O)[O-])c2)C(c2nnn(C)n2)=C(C)N1. The summed E-state index contributed by atoms with van der Waals surface area (Å²) >= 11 is 0. The topological polar surface area (TPSA) is 154 Å². The standard InChI is InChI=1S/C27H31N9O5/c1-18-23(26-30-32-33(3)31-26)24(20-7-6-8-21(17-20)36(38)39)25(19(2)29-18)41-27(37)40-16-15-34-11-13-35(14-12-34)22-9-4-5-10-28-22/h4-10,17,24,29H,11-16H2,1-3H3. The van der Waals surface area contributed by atoms with Gasteiger partial charge >= 0.3 is 6.16 Å². The number of nitro groups is 1. The molecule has 0 spiro atoms. The van der Waals surface area contributed by atoms with E-state index in [1.165, 1.54) is 16.9 Å². The third-order valence-electron chi connectivity index (χ3n) is 7.03. The highest BCUT2D eigenvalue weighted by Crippen LogP contribution is 2.43. The molecule has 1 atom stereocenters. The molecule has 2 aromatic heterocycles. The summed E-state index contributed by atoms with van der Waals surface area (Å²) in [5.74, 6) is 0.788. The molecule has 1 aromatic carbocycles. The molecule has 1 N–H and O–H groups in total. The van der Waals surface area contributed by atoms with Crippen LogP contribution in [0.1, 0.15) is 31.2 Å². The summed E-state index contributed by atoms with van der Waals surface area (Å²) in [4.78, 5) is 34.1. The number of aryl methyl sites for hydroxylation is 1. The summed E-state index contributed by atoms with van der Waals surface area (Å²) in [6, 6.07) is 12.0. The van der Waals surface area contributed by atoms with Gasteiger partial charge in [0.2, 0.25) is 5.82 Å². The summed E-state index contributed by atoms with van der Waals surface area (Å²) in [5.41, 5.74) is 2.30. The number of hydrogen-bond acceptors (Lipinski definition) is 12. The Labute approximate surface area is 236 Å². The fraction of sp³-hybridized carbons (Fsp3) is 0.370. The van der Waals surface area contributed by atoms with Crippen LogP contribution < -0.4 is 10.2 Å². The lowest BCUT2D eigenvalue weighted by Gasteiger charge is -2.35. The number of carbonyl (C=O) groups excluding carboxylic acids is 1. The van der Waals surface area contributed by atoms with Crippen LogP contribution in [0.15, 0.2) is 65.8 Å². The van der Waals surface area contributed by atoms with Crippen molar-refractivity contribution >= 4 is 23.2 Å². The van der Waals surface area contributed by atoms with Gasteiger partial charge in [-0.3, -0.25) is 15.0 Å². The second-order valence-electron chi connectivity index (χ2n) is 9.76.